The minimum Gasteiger partial charge on any atom is -0.463 e. The number of hydrogen-bond acceptors (Lipinski definition) is 6. The molecule has 2 amide bonds. The van der Waals surface area contributed by atoms with E-state index in [1.54, 1.807) is 26.0 Å². The monoisotopic (exact) mass is 412 g/mol. The summed E-state index contributed by atoms with van der Waals surface area (Å²) in [5.74, 6) is -0.757. The number of hydrogen-bond donors (Lipinski definition) is 2. The minimum absolute atomic E-state index is 0.192. The molecule has 2 N–H and O–H groups in total. The Morgan fingerprint density at radius 1 is 1.36 bits per heavy atom. The number of carbonyl (C=O) groups is 3. The quantitative estimate of drug-likeness (QED) is 0.547. The van der Waals surface area contributed by atoms with E-state index in [1.807, 2.05) is 0 Å². The van der Waals surface area contributed by atoms with E-state index in [0.29, 0.717) is 10.4 Å². The highest BCUT2D eigenvalue weighted by molar-refractivity contribution is 9.10. The summed E-state index contributed by atoms with van der Waals surface area (Å²) in [6.45, 7) is 3.24. The maximum Gasteiger partial charge on any atom is 0.338 e. The van der Waals surface area contributed by atoms with Crippen LogP contribution in [0.4, 0.5) is 4.79 Å². The molecule has 0 saturated carbocycles. The van der Waals surface area contributed by atoms with Crippen LogP contribution in [0.2, 0.25) is 0 Å². The first-order chi connectivity index (χ1) is 11.9. The van der Waals surface area contributed by atoms with Crippen LogP contribution in [-0.4, -0.2) is 37.2 Å². The maximum absolute atomic E-state index is 12.0. The highest BCUT2D eigenvalue weighted by atomic mass is 79.9. The molecule has 25 heavy (non-hydrogen) atoms. The number of rotatable bonds is 6. The zero-order chi connectivity index (χ0) is 18.4. The molecule has 8 nitrogen and oxygen atoms in total. The van der Waals surface area contributed by atoms with Crippen LogP contribution in [0.15, 0.2) is 38.6 Å². The first-order valence-corrected chi connectivity index (χ1v) is 8.27. The van der Waals surface area contributed by atoms with Gasteiger partial charge in [-0.1, -0.05) is 0 Å². The predicted octanol–water partition coefficient (Wildman–Crippen LogP) is 2.12. The summed E-state index contributed by atoms with van der Waals surface area (Å²) in [6, 6.07) is 2.32. The van der Waals surface area contributed by atoms with Gasteiger partial charge in [-0.2, -0.15) is 0 Å². The molecule has 0 saturated heterocycles. The molecule has 2 rings (SSSR count). The van der Waals surface area contributed by atoms with Crippen molar-refractivity contribution < 1.29 is 28.3 Å². The van der Waals surface area contributed by atoms with Crippen molar-refractivity contribution in [2.24, 2.45) is 0 Å². The average molecular weight is 413 g/mol. The average Bonchev–Trinajstić information content (AvgIpc) is 2.96. The van der Waals surface area contributed by atoms with E-state index in [4.69, 9.17) is 13.9 Å². The number of furan rings is 1. The number of halogens is 1. The van der Waals surface area contributed by atoms with Gasteiger partial charge >= 0.3 is 18.0 Å². The summed E-state index contributed by atoms with van der Waals surface area (Å²) in [5, 5.41) is 5.03. The summed E-state index contributed by atoms with van der Waals surface area (Å²) >= 11 is 3.15. The molecular weight excluding hydrogens is 396 g/mol. The van der Waals surface area contributed by atoms with Crippen molar-refractivity contribution in [3.8, 4) is 0 Å². The molecule has 1 atom stereocenters. The molecule has 134 valence electrons. The van der Waals surface area contributed by atoms with E-state index < -0.39 is 24.0 Å². The van der Waals surface area contributed by atoms with E-state index in [0.717, 1.165) is 0 Å². The van der Waals surface area contributed by atoms with E-state index >= 15 is 0 Å². The van der Waals surface area contributed by atoms with Crippen LogP contribution < -0.4 is 10.6 Å². The highest BCUT2D eigenvalue weighted by Gasteiger charge is 2.30. The van der Waals surface area contributed by atoms with Crippen molar-refractivity contribution in [2.75, 3.05) is 13.2 Å². The Bertz CT molecular complexity index is 737. The van der Waals surface area contributed by atoms with Gasteiger partial charge in [0.05, 0.1) is 23.9 Å². The van der Waals surface area contributed by atoms with Crippen molar-refractivity contribution in [1.29, 1.82) is 0 Å². The molecule has 1 unspecified atom stereocenters. The van der Waals surface area contributed by atoms with E-state index in [-0.39, 0.29) is 24.5 Å². The molecule has 1 aromatic heterocycles. The predicted molar refractivity (Wildman–Crippen MR) is 91.2 cm³/mol. The Hall–Kier alpha value is -2.55. The number of amides is 2. The van der Waals surface area contributed by atoms with Crippen molar-refractivity contribution in [2.45, 2.75) is 19.9 Å². The lowest BCUT2D eigenvalue weighted by Crippen LogP contribution is -2.50. The zero-order valence-corrected chi connectivity index (χ0v) is 15.2. The molecule has 1 aromatic rings. The second kappa shape index (κ2) is 8.52. The third-order valence-electron chi connectivity index (χ3n) is 3.20. The fourth-order valence-corrected chi connectivity index (χ4v) is 2.47. The first kappa shape index (κ1) is 18.8. The molecular formula is C16H17BrN2O6. The maximum atomic E-state index is 12.0. The zero-order valence-electron chi connectivity index (χ0n) is 13.6. The fourth-order valence-electron chi connectivity index (χ4n) is 2.15. The lowest BCUT2D eigenvalue weighted by Gasteiger charge is -2.26. The van der Waals surface area contributed by atoms with Gasteiger partial charge in [0.15, 0.2) is 4.67 Å². The van der Waals surface area contributed by atoms with Gasteiger partial charge in [0.25, 0.3) is 0 Å². The van der Waals surface area contributed by atoms with Gasteiger partial charge in [0, 0.05) is 6.08 Å². The largest absolute Gasteiger partial charge is 0.463 e. The molecule has 2 heterocycles. The van der Waals surface area contributed by atoms with E-state index in [2.05, 4.69) is 26.6 Å². The van der Waals surface area contributed by atoms with Crippen LogP contribution in [0.25, 0.3) is 6.08 Å². The number of esters is 2. The van der Waals surface area contributed by atoms with Gasteiger partial charge < -0.3 is 24.5 Å². The molecule has 0 aromatic carbocycles. The summed E-state index contributed by atoms with van der Waals surface area (Å²) in [7, 11) is 0. The molecule has 0 aliphatic carbocycles. The first-order valence-electron chi connectivity index (χ1n) is 7.48. The van der Waals surface area contributed by atoms with Crippen molar-refractivity contribution in [3.63, 3.8) is 0 Å². The summed E-state index contributed by atoms with van der Waals surface area (Å²) in [5.41, 5.74) is 0.408. The lowest BCUT2D eigenvalue weighted by atomic mass is 10.0. The molecule has 1 aliphatic heterocycles. The second-order valence-electron chi connectivity index (χ2n) is 5.02. The van der Waals surface area contributed by atoms with Crippen LogP contribution in [0.5, 0.6) is 0 Å². The number of nitrogens with one attached hydrogen (secondary N) is 2. The van der Waals surface area contributed by atoms with Crippen LogP contribution in [0.1, 0.15) is 19.6 Å². The number of ether oxygens (including phenoxy) is 2. The van der Waals surface area contributed by atoms with Crippen molar-refractivity contribution >= 4 is 40.0 Å². The molecule has 0 radical (unpaired) electrons. The Labute approximate surface area is 152 Å². The van der Waals surface area contributed by atoms with Crippen LogP contribution in [-0.2, 0) is 19.1 Å². The summed E-state index contributed by atoms with van der Waals surface area (Å²) in [4.78, 5) is 35.4. The van der Waals surface area contributed by atoms with Crippen molar-refractivity contribution in [1.82, 2.24) is 10.6 Å². The molecule has 0 fully saturated rings. The third-order valence-corrected chi connectivity index (χ3v) is 3.63. The third kappa shape index (κ3) is 5.21. The topological polar surface area (TPSA) is 107 Å². The van der Waals surface area contributed by atoms with Gasteiger partial charge in [-0.3, -0.25) is 0 Å². The molecule has 0 bridgehead atoms. The van der Waals surface area contributed by atoms with Gasteiger partial charge in [-0.25, -0.2) is 14.4 Å². The number of carbonyl (C=O) groups excluding carboxylic acids is 3. The highest BCUT2D eigenvalue weighted by Crippen LogP contribution is 2.16. The molecule has 1 aliphatic rings. The lowest BCUT2D eigenvalue weighted by molar-refractivity contribution is -0.140. The van der Waals surface area contributed by atoms with E-state index in [1.165, 1.54) is 12.2 Å². The summed E-state index contributed by atoms with van der Waals surface area (Å²) in [6.07, 6.45) is 2.62. The standard InChI is InChI=1S/C16H17BrN2O6/c1-3-23-15(21)14-9(2)18-16(22)19-11(14)8-24-13(20)7-5-10-4-6-12(17)25-10/h4-7,9H,3,8H2,1-2H3,(H2,18,19,22). The van der Waals surface area contributed by atoms with Crippen LogP contribution >= 0.6 is 15.9 Å². The molecule has 0 spiro atoms. The minimum atomic E-state index is -0.649. The Morgan fingerprint density at radius 3 is 2.76 bits per heavy atom. The van der Waals surface area contributed by atoms with E-state index in [9.17, 15) is 14.4 Å². The fraction of sp³-hybridized carbons (Fsp3) is 0.312. The molecule has 9 heteroatoms. The normalized spacial score (nSPS) is 17.2. The second-order valence-corrected chi connectivity index (χ2v) is 5.80. The van der Waals surface area contributed by atoms with Gasteiger partial charge in [0.2, 0.25) is 0 Å². The Balaban J connectivity index is 2.05. The smallest absolute Gasteiger partial charge is 0.338 e. The Morgan fingerprint density at radius 2 is 2.12 bits per heavy atom. The summed E-state index contributed by atoms with van der Waals surface area (Å²) < 4.78 is 15.8. The van der Waals surface area contributed by atoms with Crippen molar-refractivity contribution in [3.05, 3.63) is 39.9 Å². The SMILES string of the molecule is CCOC(=O)C1=C(COC(=O)C=Cc2ccc(Br)o2)NC(=O)NC1C. The van der Waals surface area contributed by atoms with Crippen LogP contribution in [0.3, 0.4) is 0 Å². The number of urea groups is 1. The van der Waals surface area contributed by atoms with Gasteiger partial charge in [-0.05, 0) is 48.0 Å². The Kier molecular flexibility index (Phi) is 6.40. The van der Waals surface area contributed by atoms with Gasteiger partial charge in [0.1, 0.15) is 12.4 Å². The van der Waals surface area contributed by atoms with Gasteiger partial charge in [-0.15, -0.1) is 0 Å². The van der Waals surface area contributed by atoms with Crippen LogP contribution in [0, 0.1) is 0 Å².